The van der Waals surface area contributed by atoms with Crippen LogP contribution in [0.2, 0.25) is 0 Å². The molecule has 2 heterocycles. The second-order valence-corrected chi connectivity index (χ2v) is 7.57. The van der Waals surface area contributed by atoms with Crippen molar-refractivity contribution in [2.75, 3.05) is 16.7 Å². The highest BCUT2D eigenvalue weighted by atomic mass is 32.2. The predicted molar refractivity (Wildman–Crippen MR) is 94.6 cm³/mol. The zero-order valence-electron chi connectivity index (χ0n) is 14.0. The van der Waals surface area contributed by atoms with Crippen molar-refractivity contribution in [3.63, 3.8) is 0 Å². The number of nitrogens with zero attached hydrogens (tertiary/aromatic N) is 3. The Hall–Kier alpha value is -2.68. The van der Waals surface area contributed by atoms with E-state index in [9.17, 15) is 12.8 Å². The van der Waals surface area contributed by atoms with Crippen molar-refractivity contribution in [3.8, 4) is 0 Å². The number of rotatable bonds is 5. The molecule has 132 valence electrons. The monoisotopic (exact) mass is 363 g/mol. The topological polar surface area (TPSA) is 91.0 Å². The van der Waals surface area contributed by atoms with Crippen LogP contribution in [0.4, 0.5) is 15.8 Å². The molecule has 0 fully saturated rings. The Labute approximate surface area is 145 Å². The lowest BCUT2D eigenvalue weighted by atomic mass is 10.2. The molecular formula is C16H18FN5O2S. The van der Waals surface area contributed by atoms with Crippen molar-refractivity contribution in [1.82, 2.24) is 15.0 Å². The second kappa shape index (κ2) is 6.32. The summed E-state index contributed by atoms with van der Waals surface area (Å²) < 4.78 is 41.9. The van der Waals surface area contributed by atoms with Gasteiger partial charge in [0, 0.05) is 31.5 Å². The standard InChI is InChI=1S/C16H18FN5O2S/c1-10(2)22(3)14-5-4-11(6-13(14)17)21-25(23,24)15-8-19-16-12(15)7-18-9-20-16/h4-10,21H,1-3H3,(H,18,19,20). The molecule has 0 aliphatic heterocycles. The van der Waals surface area contributed by atoms with Gasteiger partial charge in [-0.25, -0.2) is 22.8 Å². The number of sulfonamides is 1. The van der Waals surface area contributed by atoms with Crippen molar-refractivity contribution in [2.24, 2.45) is 0 Å². The lowest BCUT2D eigenvalue weighted by Gasteiger charge is -2.24. The van der Waals surface area contributed by atoms with Gasteiger partial charge in [0.1, 0.15) is 22.7 Å². The number of H-pyrrole nitrogens is 1. The van der Waals surface area contributed by atoms with Gasteiger partial charge >= 0.3 is 0 Å². The second-order valence-electron chi connectivity index (χ2n) is 5.91. The van der Waals surface area contributed by atoms with E-state index in [0.717, 1.165) is 6.07 Å². The summed E-state index contributed by atoms with van der Waals surface area (Å²) >= 11 is 0. The van der Waals surface area contributed by atoms with E-state index < -0.39 is 15.8 Å². The molecular weight excluding hydrogens is 345 g/mol. The van der Waals surface area contributed by atoms with E-state index in [4.69, 9.17) is 0 Å². The summed E-state index contributed by atoms with van der Waals surface area (Å²) in [5.41, 5.74) is 0.957. The number of halogens is 1. The molecule has 0 spiro atoms. The predicted octanol–water partition coefficient (Wildman–Crippen LogP) is 2.74. The molecule has 1 aromatic carbocycles. The summed E-state index contributed by atoms with van der Waals surface area (Å²) in [5, 5.41) is 0.367. The lowest BCUT2D eigenvalue weighted by Crippen LogP contribution is -2.26. The SMILES string of the molecule is CC(C)N(C)c1ccc(NS(=O)(=O)c2c[nH]c3ncncc23)cc1F. The summed E-state index contributed by atoms with van der Waals surface area (Å²) in [6.07, 6.45) is 4.07. The summed E-state index contributed by atoms with van der Waals surface area (Å²) in [5.74, 6) is -0.501. The van der Waals surface area contributed by atoms with Gasteiger partial charge in [0.25, 0.3) is 10.0 Å². The third-order valence-corrected chi connectivity index (χ3v) is 5.38. The normalized spacial score (nSPS) is 11.9. The van der Waals surface area contributed by atoms with Crippen molar-refractivity contribution in [1.29, 1.82) is 0 Å². The van der Waals surface area contributed by atoms with Gasteiger partial charge in [-0.1, -0.05) is 0 Å². The van der Waals surface area contributed by atoms with Crippen LogP contribution < -0.4 is 9.62 Å². The zero-order chi connectivity index (χ0) is 18.2. The van der Waals surface area contributed by atoms with Crippen LogP contribution in [0.15, 0.2) is 41.8 Å². The average Bonchev–Trinajstić information content (AvgIpc) is 2.99. The quantitative estimate of drug-likeness (QED) is 0.727. The summed E-state index contributed by atoms with van der Waals surface area (Å²) in [6.45, 7) is 3.88. The minimum atomic E-state index is -3.90. The molecule has 2 N–H and O–H groups in total. The first-order valence-corrected chi connectivity index (χ1v) is 9.10. The van der Waals surface area contributed by atoms with Gasteiger partial charge in [0.05, 0.1) is 16.8 Å². The number of anilines is 2. The zero-order valence-corrected chi connectivity index (χ0v) is 14.8. The Morgan fingerprint density at radius 3 is 2.76 bits per heavy atom. The van der Waals surface area contributed by atoms with Gasteiger partial charge in [0.15, 0.2) is 0 Å². The molecule has 0 bridgehead atoms. The molecule has 2 aromatic heterocycles. The molecule has 0 aliphatic rings. The fraction of sp³-hybridized carbons (Fsp3) is 0.250. The molecule has 0 atom stereocenters. The molecule has 25 heavy (non-hydrogen) atoms. The molecule has 0 unspecified atom stereocenters. The minimum Gasteiger partial charge on any atom is -0.370 e. The fourth-order valence-electron chi connectivity index (χ4n) is 2.40. The molecule has 0 amide bonds. The third-order valence-electron chi connectivity index (χ3n) is 3.96. The number of hydrogen-bond donors (Lipinski definition) is 2. The van der Waals surface area contributed by atoms with Crippen LogP contribution in [0.1, 0.15) is 13.8 Å². The molecule has 3 aromatic rings. The van der Waals surface area contributed by atoms with Gasteiger partial charge in [-0.15, -0.1) is 0 Å². The average molecular weight is 363 g/mol. The number of aromatic amines is 1. The Morgan fingerprint density at radius 2 is 2.08 bits per heavy atom. The highest BCUT2D eigenvalue weighted by Gasteiger charge is 2.21. The van der Waals surface area contributed by atoms with Crippen molar-refractivity contribution >= 4 is 32.4 Å². The van der Waals surface area contributed by atoms with Crippen LogP contribution in [0.3, 0.4) is 0 Å². The number of aromatic nitrogens is 3. The molecule has 9 heteroatoms. The number of fused-ring (bicyclic) bond motifs is 1. The Morgan fingerprint density at radius 1 is 1.32 bits per heavy atom. The van der Waals surface area contributed by atoms with Crippen LogP contribution in [0, 0.1) is 5.82 Å². The maximum absolute atomic E-state index is 14.3. The third kappa shape index (κ3) is 3.27. The van der Waals surface area contributed by atoms with Gasteiger partial charge in [-0.05, 0) is 26.0 Å². The highest BCUT2D eigenvalue weighted by Crippen LogP contribution is 2.26. The summed E-state index contributed by atoms with van der Waals surface area (Å²) in [4.78, 5) is 12.4. The van der Waals surface area contributed by atoms with Crippen LogP contribution in [0.5, 0.6) is 0 Å². The fourth-order valence-corrected chi connectivity index (χ4v) is 3.60. The van der Waals surface area contributed by atoms with E-state index in [1.165, 1.54) is 24.8 Å². The van der Waals surface area contributed by atoms with Gasteiger partial charge < -0.3 is 9.88 Å². The molecule has 0 aliphatic carbocycles. The number of benzene rings is 1. The first-order chi connectivity index (χ1) is 11.8. The van der Waals surface area contributed by atoms with Gasteiger partial charge in [-0.3, -0.25) is 4.72 Å². The molecule has 0 radical (unpaired) electrons. The molecule has 7 nitrogen and oxygen atoms in total. The van der Waals surface area contributed by atoms with Gasteiger partial charge in [0.2, 0.25) is 0 Å². The Kier molecular flexibility index (Phi) is 4.34. The minimum absolute atomic E-state index is 0.00637. The maximum atomic E-state index is 14.3. The van der Waals surface area contributed by atoms with E-state index in [1.54, 1.807) is 18.0 Å². The first kappa shape index (κ1) is 17.2. The van der Waals surface area contributed by atoms with E-state index in [2.05, 4.69) is 19.7 Å². The van der Waals surface area contributed by atoms with Gasteiger partial charge in [-0.2, -0.15) is 0 Å². The van der Waals surface area contributed by atoms with E-state index >= 15 is 0 Å². The first-order valence-electron chi connectivity index (χ1n) is 7.62. The van der Waals surface area contributed by atoms with Crippen LogP contribution in [0.25, 0.3) is 11.0 Å². The van der Waals surface area contributed by atoms with E-state index in [0.29, 0.717) is 16.7 Å². The van der Waals surface area contributed by atoms with Crippen LogP contribution in [-0.4, -0.2) is 36.5 Å². The summed E-state index contributed by atoms with van der Waals surface area (Å²) in [7, 11) is -2.13. The van der Waals surface area contributed by atoms with E-state index in [-0.39, 0.29) is 16.6 Å². The van der Waals surface area contributed by atoms with Crippen molar-refractivity contribution < 1.29 is 12.8 Å². The Balaban J connectivity index is 1.92. The summed E-state index contributed by atoms with van der Waals surface area (Å²) in [6, 6.07) is 4.35. The van der Waals surface area contributed by atoms with E-state index in [1.807, 2.05) is 13.8 Å². The van der Waals surface area contributed by atoms with Crippen LogP contribution >= 0.6 is 0 Å². The van der Waals surface area contributed by atoms with Crippen LogP contribution in [-0.2, 0) is 10.0 Å². The Bertz CT molecular complexity index is 1020. The largest absolute Gasteiger partial charge is 0.370 e. The maximum Gasteiger partial charge on any atom is 0.264 e. The molecule has 0 saturated heterocycles. The molecule has 3 rings (SSSR count). The smallest absolute Gasteiger partial charge is 0.264 e. The number of nitrogens with one attached hydrogen (secondary N) is 2. The van der Waals surface area contributed by atoms with Crippen molar-refractivity contribution in [3.05, 3.63) is 42.7 Å². The lowest BCUT2D eigenvalue weighted by molar-refractivity contribution is 0.601. The molecule has 0 saturated carbocycles. The highest BCUT2D eigenvalue weighted by molar-refractivity contribution is 7.93. The van der Waals surface area contributed by atoms with Crippen molar-refractivity contribution in [2.45, 2.75) is 24.8 Å². The number of hydrogen-bond acceptors (Lipinski definition) is 5.